The van der Waals surface area contributed by atoms with Crippen molar-refractivity contribution in [2.75, 3.05) is 0 Å². The van der Waals surface area contributed by atoms with E-state index in [4.69, 9.17) is 0 Å². The maximum Gasteiger partial charge on any atom is 0.123 e. The van der Waals surface area contributed by atoms with Gasteiger partial charge < -0.3 is 15.3 Å². The molecule has 24 heavy (non-hydrogen) atoms. The van der Waals surface area contributed by atoms with Gasteiger partial charge in [0, 0.05) is 17.0 Å². The highest BCUT2D eigenvalue weighted by atomic mass is 79.9. The number of fused-ring (bicyclic) bond motifs is 5. The Bertz CT molecular complexity index is 700. The third-order valence-corrected chi connectivity index (χ3v) is 7.60. The second-order valence-corrected chi connectivity index (χ2v) is 8.69. The number of aromatic hydroxyl groups is 2. The lowest BCUT2D eigenvalue weighted by Crippen LogP contribution is -2.49. The number of phenolic OH excluding ortho intramolecular Hbond substituents is 2. The molecule has 4 heteroatoms. The Labute approximate surface area is 151 Å². The van der Waals surface area contributed by atoms with E-state index in [0.717, 1.165) is 49.7 Å². The van der Waals surface area contributed by atoms with Crippen molar-refractivity contribution in [1.29, 1.82) is 0 Å². The number of hydrogen-bond donors (Lipinski definition) is 3. The minimum Gasteiger partial charge on any atom is -0.508 e. The predicted octanol–water partition coefficient (Wildman–Crippen LogP) is 4.59. The first-order valence-corrected chi connectivity index (χ1v) is 9.86. The van der Waals surface area contributed by atoms with Gasteiger partial charge >= 0.3 is 0 Å². The highest BCUT2D eigenvalue weighted by molar-refractivity contribution is 9.11. The molecule has 3 aliphatic rings. The van der Waals surface area contributed by atoms with E-state index in [0.29, 0.717) is 17.8 Å². The van der Waals surface area contributed by atoms with Gasteiger partial charge in [0.2, 0.25) is 0 Å². The summed E-state index contributed by atoms with van der Waals surface area (Å²) in [6.45, 7) is 2.25. The van der Waals surface area contributed by atoms with Gasteiger partial charge in [-0.2, -0.15) is 0 Å². The Morgan fingerprint density at radius 1 is 1.17 bits per heavy atom. The quantitative estimate of drug-likeness (QED) is 0.654. The van der Waals surface area contributed by atoms with Crippen molar-refractivity contribution in [1.82, 2.24) is 0 Å². The predicted molar refractivity (Wildman–Crippen MR) is 97.4 cm³/mol. The monoisotopic (exact) mass is 392 g/mol. The second kappa shape index (κ2) is 5.50. The molecule has 2 fully saturated rings. The molecule has 1 aromatic rings. The Hall–Kier alpha value is -1.00. The number of halogens is 1. The van der Waals surface area contributed by atoms with Gasteiger partial charge in [-0.3, -0.25) is 0 Å². The van der Waals surface area contributed by atoms with Gasteiger partial charge in [0.05, 0.1) is 5.60 Å². The summed E-state index contributed by atoms with van der Waals surface area (Å²) in [5.41, 5.74) is 1.33. The second-order valence-electron chi connectivity index (χ2n) is 8.16. The molecule has 0 spiro atoms. The van der Waals surface area contributed by atoms with E-state index in [-0.39, 0.29) is 16.9 Å². The Morgan fingerprint density at radius 2 is 1.96 bits per heavy atom. The molecule has 1 aromatic carbocycles. The Morgan fingerprint density at radius 3 is 2.71 bits per heavy atom. The van der Waals surface area contributed by atoms with Gasteiger partial charge in [-0.1, -0.05) is 22.9 Å². The van der Waals surface area contributed by atoms with Gasteiger partial charge in [0.25, 0.3) is 0 Å². The molecule has 0 bridgehead atoms. The van der Waals surface area contributed by atoms with Gasteiger partial charge in [0.15, 0.2) is 0 Å². The molecule has 2 saturated carbocycles. The number of aliphatic hydroxyl groups is 1. The first kappa shape index (κ1) is 16.5. The molecule has 3 N–H and O–H groups in total. The molecule has 4 rings (SSSR count). The van der Waals surface area contributed by atoms with Crippen molar-refractivity contribution < 1.29 is 15.3 Å². The fraction of sp³-hybridized carbons (Fsp3) is 0.600. The van der Waals surface area contributed by atoms with Gasteiger partial charge in [-0.05, 0) is 79.0 Å². The first-order valence-electron chi connectivity index (χ1n) is 8.95. The van der Waals surface area contributed by atoms with Crippen molar-refractivity contribution in [3.05, 3.63) is 34.3 Å². The van der Waals surface area contributed by atoms with Crippen LogP contribution in [0.4, 0.5) is 0 Å². The number of hydrogen-bond acceptors (Lipinski definition) is 3. The summed E-state index contributed by atoms with van der Waals surface area (Å²) < 4.78 is 0. The zero-order valence-corrected chi connectivity index (χ0v) is 15.6. The zero-order chi connectivity index (χ0) is 17.1. The Kier molecular flexibility index (Phi) is 3.77. The van der Waals surface area contributed by atoms with Crippen molar-refractivity contribution >= 4 is 15.9 Å². The van der Waals surface area contributed by atoms with E-state index in [9.17, 15) is 15.3 Å². The molecule has 130 valence electrons. The van der Waals surface area contributed by atoms with Gasteiger partial charge in [-0.25, -0.2) is 0 Å². The van der Waals surface area contributed by atoms with Crippen LogP contribution < -0.4 is 0 Å². The smallest absolute Gasteiger partial charge is 0.123 e. The lowest BCUT2D eigenvalue weighted by atomic mass is 9.53. The minimum atomic E-state index is -0.733. The molecule has 0 radical (unpaired) electrons. The van der Waals surface area contributed by atoms with E-state index in [1.165, 1.54) is 6.07 Å². The van der Waals surface area contributed by atoms with Crippen LogP contribution in [0.5, 0.6) is 11.5 Å². The number of phenols is 2. The summed E-state index contributed by atoms with van der Waals surface area (Å²) in [4.78, 5) is 1.80. The lowest BCUT2D eigenvalue weighted by molar-refractivity contribution is -0.0709. The van der Waals surface area contributed by atoms with E-state index in [2.05, 4.69) is 22.9 Å². The lowest BCUT2D eigenvalue weighted by Gasteiger charge is -2.52. The minimum absolute atomic E-state index is 0.0948. The average Bonchev–Trinajstić information content (AvgIpc) is 2.79. The van der Waals surface area contributed by atoms with Crippen LogP contribution >= 0.6 is 15.9 Å². The largest absolute Gasteiger partial charge is 0.508 e. The Balaban J connectivity index is 1.73. The summed E-state index contributed by atoms with van der Waals surface area (Å²) in [6.07, 6.45) is 7.72. The molecule has 0 aliphatic heterocycles. The highest BCUT2D eigenvalue weighted by Crippen LogP contribution is 2.65. The van der Waals surface area contributed by atoms with E-state index in [1.54, 1.807) is 4.99 Å². The normalized spacial score (nSPS) is 41.0. The molecule has 5 atom stereocenters. The van der Waals surface area contributed by atoms with Crippen molar-refractivity contribution in [3.63, 3.8) is 0 Å². The molecule has 0 amide bonds. The van der Waals surface area contributed by atoms with Crippen molar-refractivity contribution in [2.24, 2.45) is 17.3 Å². The van der Waals surface area contributed by atoms with Crippen LogP contribution in [-0.4, -0.2) is 20.9 Å². The van der Waals surface area contributed by atoms with Crippen LogP contribution in [0, 0.1) is 17.3 Å². The van der Waals surface area contributed by atoms with Crippen LogP contribution in [0.3, 0.4) is 0 Å². The standard InChI is InChI=1S/C20H25BrO3/c1-19-6-4-15-14(16(19)5-7-20(19,24)8-9-21)3-2-12-10-13(22)11-17(23)18(12)15/h8-11,14-16,22-24H,2-7H2,1H3/t14-,15+,16+,19+,20-/m1/s1. The molecule has 3 nitrogen and oxygen atoms in total. The van der Waals surface area contributed by atoms with E-state index in [1.807, 2.05) is 12.1 Å². The summed E-state index contributed by atoms with van der Waals surface area (Å²) >= 11 is 3.34. The van der Waals surface area contributed by atoms with Crippen LogP contribution in [0.25, 0.3) is 0 Å². The summed E-state index contributed by atoms with van der Waals surface area (Å²) in [7, 11) is 0. The summed E-state index contributed by atoms with van der Waals surface area (Å²) in [5.74, 6) is 1.73. The maximum absolute atomic E-state index is 11.2. The molecular weight excluding hydrogens is 368 g/mol. The SMILES string of the molecule is C[C@]12CC[C@@H]3c4c(O)cc(O)cc4CC[C@H]3[C@@H]1CC[C@@]2(O)C=CBr. The van der Waals surface area contributed by atoms with Gasteiger partial charge in [0.1, 0.15) is 11.5 Å². The molecule has 0 heterocycles. The van der Waals surface area contributed by atoms with E-state index < -0.39 is 5.60 Å². The fourth-order valence-corrected chi connectivity index (χ4v) is 6.55. The number of benzene rings is 1. The molecule has 0 saturated heterocycles. The third-order valence-electron chi connectivity index (χ3n) is 7.34. The van der Waals surface area contributed by atoms with Gasteiger partial charge in [-0.15, -0.1) is 0 Å². The number of rotatable bonds is 1. The number of aryl methyl sites for hydroxylation is 1. The van der Waals surface area contributed by atoms with Crippen LogP contribution in [-0.2, 0) is 6.42 Å². The maximum atomic E-state index is 11.2. The molecule has 3 aliphatic carbocycles. The molecular formula is C20H25BrO3. The van der Waals surface area contributed by atoms with Crippen molar-refractivity contribution in [3.8, 4) is 11.5 Å². The summed E-state index contributed by atoms with van der Waals surface area (Å²) in [5, 5.41) is 31.4. The van der Waals surface area contributed by atoms with Crippen LogP contribution in [0.2, 0.25) is 0 Å². The van der Waals surface area contributed by atoms with Crippen LogP contribution in [0.1, 0.15) is 56.1 Å². The summed E-state index contributed by atoms with van der Waals surface area (Å²) in [6, 6.07) is 3.30. The molecule has 0 unspecified atom stereocenters. The molecule has 0 aromatic heterocycles. The zero-order valence-electron chi connectivity index (χ0n) is 14.0. The topological polar surface area (TPSA) is 60.7 Å². The average molecular weight is 393 g/mol. The highest BCUT2D eigenvalue weighted by Gasteiger charge is 2.60. The van der Waals surface area contributed by atoms with Crippen molar-refractivity contribution in [2.45, 2.75) is 57.0 Å². The van der Waals surface area contributed by atoms with E-state index >= 15 is 0 Å². The first-order chi connectivity index (χ1) is 11.4. The fourth-order valence-electron chi connectivity index (χ4n) is 6.12. The van der Waals surface area contributed by atoms with Crippen LogP contribution in [0.15, 0.2) is 23.2 Å². The third kappa shape index (κ3) is 2.12.